The van der Waals surface area contributed by atoms with Gasteiger partial charge in [-0.3, -0.25) is 0 Å². The Morgan fingerprint density at radius 1 is 1.47 bits per heavy atom. The molecule has 0 fully saturated rings. The van der Waals surface area contributed by atoms with Crippen LogP contribution in [-0.2, 0) is 4.74 Å². The van der Waals surface area contributed by atoms with Gasteiger partial charge in [-0.25, -0.2) is 4.39 Å². The number of hydrogen-bond acceptors (Lipinski definition) is 2. The first-order valence-corrected chi connectivity index (χ1v) is 6.75. The van der Waals surface area contributed by atoms with Crippen molar-refractivity contribution in [2.75, 3.05) is 13.7 Å². The van der Waals surface area contributed by atoms with E-state index in [0.29, 0.717) is 0 Å². The average molecular weight is 347 g/mol. The zero-order valence-corrected chi connectivity index (χ0v) is 11.8. The first kappa shape index (κ1) is 12.8. The number of benzene rings is 1. The van der Waals surface area contributed by atoms with Crippen molar-refractivity contribution in [3.05, 3.63) is 45.0 Å². The first-order chi connectivity index (χ1) is 8.22. The van der Waals surface area contributed by atoms with Gasteiger partial charge in [0.15, 0.2) is 0 Å². The zero-order valence-electron chi connectivity index (χ0n) is 9.67. The molecule has 92 valence electrons. The van der Waals surface area contributed by atoms with Crippen molar-refractivity contribution >= 4 is 22.6 Å². The third-order valence-corrected chi connectivity index (χ3v) is 3.74. The second-order valence-corrected chi connectivity index (χ2v) is 5.15. The van der Waals surface area contributed by atoms with Gasteiger partial charge >= 0.3 is 0 Å². The van der Waals surface area contributed by atoms with Crippen LogP contribution in [0.25, 0.3) is 0 Å². The van der Waals surface area contributed by atoms with Crippen LogP contribution in [0.3, 0.4) is 0 Å². The van der Waals surface area contributed by atoms with E-state index in [9.17, 15) is 4.39 Å². The number of halogens is 2. The predicted octanol–water partition coefficient (Wildman–Crippen LogP) is 3.39. The quantitative estimate of drug-likeness (QED) is 0.847. The van der Waals surface area contributed by atoms with Crippen molar-refractivity contribution in [1.29, 1.82) is 0 Å². The summed E-state index contributed by atoms with van der Waals surface area (Å²) in [5, 5.41) is 3.23. The highest BCUT2D eigenvalue weighted by Gasteiger charge is 2.20. The molecular weight excluding hydrogens is 332 g/mol. The van der Waals surface area contributed by atoms with Gasteiger partial charge < -0.3 is 10.1 Å². The summed E-state index contributed by atoms with van der Waals surface area (Å²) in [7, 11) is 1.89. The number of likely N-dealkylation sites (N-methyl/N-ethyl adjacent to an activating group) is 1. The number of allylic oxidation sites excluding steroid dienone is 1. The molecule has 1 aromatic carbocycles. The summed E-state index contributed by atoms with van der Waals surface area (Å²) in [4.78, 5) is 0. The maximum absolute atomic E-state index is 13.1. The summed E-state index contributed by atoms with van der Waals surface area (Å²) in [5.41, 5.74) is 1.06. The molecule has 1 N–H and O–H groups in total. The van der Waals surface area contributed by atoms with Crippen LogP contribution in [0.2, 0.25) is 0 Å². The fourth-order valence-electron chi connectivity index (χ4n) is 1.96. The van der Waals surface area contributed by atoms with E-state index in [2.05, 4.69) is 34.0 Å². The van der Waals surface area contributed by atoms with E-state index in [-0.39, 0.29) is 11.9 Å². The van der Waals surface area contributed by atoms with E-state index in [4.69, 9.17) is 4.74 Å². The largest absolute Gasteiger partial charge is 0.496 e. The Bertz CT molecular complexity index is 433. The molecule has 0 saturated carbocycles. The Morgan fingerprint density at radius 3 is 2.88 bits per heavy atom. The van der Waals surface area contributed by atoms with Crippen LogP contribution >= 0.6 is 22.6 Å². The summed E-state index contributed by atoms with van der Waals surface area (Å²) in [5.74, 6) is 0.745. The van der Waals surface area contributed by atoms with Gasteiger partial charge in [0.25, 0.3) is 0 Å². The topological polar surface area (TPSA) is 21.3 Å². The zero-order chi connectivity index (χ0) is 12.3. The summed E-state index contributed by atoms with van der Waals surface area (Å²) in [6.45, 7) is 0.766. The van der Waals surface area contributed by atoms with Crippen LogP contribution in [0.5, 0.6) is 0 Å². The lowest BCUT2D eigenvalue weighted by Crippen LogP contribution is -2.23. The maximum Gasteiger partial charge on any atom is 0.124 e. The highest BCUT2D eigenvalue weighted by molar-refractivity contribution is 14.1. The normalized spacial score (nSPS) is 17.2. The Kier molecular flexibility index (Phi) is 4.39. The number of nitrogens with one attached hydrogen (secondary N) is 1. The molecule has 0 aromatic heterocycles. The Morgan fingerprint density at radius 2 is 2.29 bits per heavy atom. The van der Waals surface area contributed by atoms with Crippen molar-refractivity contribution in [2.24, 2.45) is 0 Å². The monoisotopic (exact) mass is 347 g/mol. The molecule has 2 nitrogen and oxygen atoms in total. The van der Waals surface area contributed by atoms with Gasteiger partial charge in [0.1, 0.15) is 11.6 Å². The minimum absolute atomic E-state index is 0.0165. The molecule has 0 aliphatic carbocycles. The average Bonchev–Trinajstić information content (AvgIpc) is 2.34. The Balaban J connectivity index is 2.31. The molecule has 4 heteroatoms. The Labute approximate surface area is 114 Å². The van der Waals surface area contributed by atoms with Crippen molar-refractivity contribution < 1.29 is 9.13 Å². The van der Waals surface area contributed by atoms with Crippen molar-refractivity contribution in [3.8, 4) is 0 Å². The van der Waals surface area contributed by atoms with Crippen LogP contribution in [-0.4, -0.2) is 13.7 Å². The van der Waals surface area contributed by atoms with Gasteiger partial charge in [0, 0.05) is 3.57 Å². The molecule has 0 spiro atoms. The maximum atomic E-state index is 13.1. The highest BCUT2D eigenvalue weighted by atomic mass is 127. The lowest BCUT2D eigenvalue weighted by molar-refractivity contribution is 0.169. The standard InChI is InChI=1S/C13H15FINO/c1-16-13(12-4-2-3-7-17-12)10-6-5-9(14)8-11(10)15/h4-6,8,13,16H,2-3,7H2,1H3. The van der Waals surface area contributed by atoms with Crippen molar-refractivity contribution in [2.45, 2.75) is 18.9 Å². The van der Waals surface area contributed by atoms with Crippen molar-refractivity contribution in [1.82, 2.24) is 5.32 Å². The van der Waals surface area contributed by atoms with Gasteiger partial charge in [0.05, 0.1) is 12.6 Å². The minimum Gasteiger partial charge on any atom is -0.496 e. The van der Waals surface area contributed by atoms with Crippen LogP contribution in [0.1, 0.15) is 24.4 Å². The Hall–Kier alpha value is -0.620. The molecule has 1 aliphatic heterocycles. The molecule has 1 aromatic rings. The van der Waals surface area contributed by atoms with Crippen LogP contribution in [0.4, 0.5) is 4.39 Å². The molecule has 1 atom stereocenters. The molecule has 2 rings (SSSR count). The molecule has 0 saturated heterocycles. The van der Waals surface area contributed by atoms with Crippen LogP contribution in [0.15, 0.2) is 30.0 Å². The third-order valence-electron chi connectivity index (χ3n) is 2.81. The van der Waals surface area contributed by atoms with E-state index in [1.807, 2.05) is 13.1 Å². The first-order valence-electron chi connectivity index (χ1n) is 5.67. The van der Waals surface area contributed by atoms with Crippen LogP contribution in [0, 0.1) is 9.39 Å². The van der Waals surface area contributed by atoms with Crippen LogP contribution < -0.4 is 5.32 Å². The second-order valence-electron chi connectivity index (χ2n) is 3.98. The molecular formula is C13H15FINO. The molecule has 0 amide bonds. The number of rotatable bonds is 3. The second kappa shape index (κ2) is 5.82. The predicted molar refractivity (Wildman–Crippen MR) is 74.2 cm³/mol. The van der Waals surface area contributed by atoms with Gasteiger partial charge in [-0.2, -0.15) is 0 Å². The molecule has 1 heterocycles. The number of hydrogen-bond donors (Lipinski definition) is 1. The summed E-state index contributed by atoms with van der Waals surface area (Å²) in [6, 6.07) is 4.87. The molecule has 1 aliphatic rings. The molecule has 1 unspecified atom stereocenters. The minimum atomic E-state index is -0.202. The third kappa shape index (κ3) is 2.98. The van der Waals surface area contributed by atoms with Gasteiger partial charge in [0.2, 0.25) is 0 Å². The lowest BCUT2D eigenvalue weighted by Gasteiger charge is -2.24. The molecule has 0 bridgehead atoms. The molecule has 0 radical (unpaired) electrons. The van der Waals surface area contributed by atoms with E-state index in [1.165, 1.54) is 6.07 Å². The van der Waals surface area contributed by atoms with Gasteiger partial charge in [-0.1, -0.05) is 6.07 Å². The van der Waals surface area contributed by atoms with Gasteiger partial charge in [-0.15, -0.1) is 0 Å². The molecule has 17 heavy (non-hydrogen) atoms. The van der Waals surface area contributed by atoms with E-state index < -0.39 is 0 Å². The summed E-state index contributed by atoms with van der Waals surface area (Å²) >= 11 is 2.16. The summed E-state index contributed by atoms with van der Waals surface area (Å²) in [6.07, 6.45) is 4.23. The highest BCUT2D eigenvalue weighted by Crippen LogP contribution is 2.29. The van der Waals surface area contributed by atoms with Crippen molar-refractivity contribution in [3.63, 3.8) is 0 Å². The van der Waals surface area contributed by atoms with E-state index >= 15 is 0 Å². The fourth-order valence-corrected chi connectivity index (χ4v) is 2.75. The van der Waals surface area contributed by atoms with E-state index in [0.717, 1.165) is 34.3 Å². The van der Waals surface area contributed by atoms with E-state index in [1.54, 1.807) is 6.07 Å². The lowest BCUT2D eigenvalue weighted by atomic mass is 10.0. The van der Waals surface area contributed by atoms with Gasteiger partial charge in [-0.05, 0) is 66.3 Å². The number of ether oxygens (including phenoxy) is 1. The summed E-state index contributed by atoms with van der Waals surface area (Å²) < 4.78 is 19.7. The fraction of sp³-hybridized carbons (Fsp3) is 0.385. The smallest absolute Gasteiger partial charge is 0.124 e. The SMILES string of the molecule is CNC(C1=CCCCO1)c1ccc(F)cc1I.